The highest BCUT2D eigenvalue weighted by Crippen LogP contribution is 2.27. The molecule has 2 amide bonds. The number of anilines is 1. The Morgan fingerprint density at radius 3 is 2.40 bits per heavy atom. The molecule has 0 unspecified atom stereocenters. The van der Waals surface area contributed by atoms with Crippen LogP contribution < -0.4 is 10.6 Å². The van der Waals surface area contributed by atoms with E-state index in [4.69, 9.17) is 4.98 Å². The molecule has 0 spiro atoms. The number of nitrogens with zero attached hydrogens (tertiary/aromatic N) is 1. The Morgan fingerprint density at radius 2 is 1.63 bits per heavy atom. The number of rotatable bonds is 7. The van der Waals surface area contributed by atoms with E-state index in [1.54, 1.807) is 36.4 Å². The molecule has 5 nitrogen and oxygen atoms in total. The maximum Gasteiger partial charge on any atom is 0.255 e. The van der Waals surface area contributed by atoms with E-state index in [1.165, 1.54) is 34.8 Å². The van der Waals surface area contributed by atoms with Crippen molar-refractivity contribution in [2.75, 3.05) is 11.9 Å². The first-order chi connectivity index (χ1) is 14.7. The van der Waals surface area contributed by atoms with Crippen molar-refractivity contribution in [2.45, 2.75) is 38.5 Å². The number of fused-ring (bicyclic) bond motifs is 1. The summed E-state index contributed by atoms with van der Waals surface area (Å²) in [5.41, 5.74) is 3.13. The molecule has 0 atom stereocenters. The molecule has 0 saturated carbocycles. The first-order valence-corrected chi connectivity index (χ1v) is 11.2. The van der Waals surface area contributed by atoms with Crippen molar-refractivity contribution in [3.05, 3.63) is 81.3 Å². The predicted molar refractivity (Wildman–Crippen MR) is 120 cm³/mol. The van der Waals surface area contributed by atoms with E-state index < -0.39 is 0 Å². The maximum absolute atomic E-state index is 12.4. The van der Waals surface area contributed by atoms with Gasteiger partial charge in [-0.15, -0.1) is 11.3 Å². The second-order valence-corrected chi connectivity index (χ2v) is 8.61. The molecule has 1 aliphatic rings. The number of aryl methyl sites for hydroxylation is 3. The third kappa shape index (κ3) is 5.13. The van der Waals surface area contributed by atoms with E-state index in [1.807, 2.05) is 29.5 Å². The largest absolute Gasteiger partial charge is 0.352 e. The van der Waals surface area contributed by atoms with Gasteiger partial charge in [0.1, 0.15) is 0 Å². The summed E-state index contributed by atoms with van der Waals surface area (Å²) < 4.78 is 0. The fraction of sp³-hybridized carbons (Fsp3) is 0.292. The molecule has 2 N–H and O–H groups in total. The van der Waals surface area contributed by atoms with Crippen LogP contribution in [0.4, 0.5) is 5.69 Å². The van der Waals surface area contributed by atoms with Gasteiger partial charge in [0.05, 0.1) is 10.7 Å². The molecular formula is C24H25N3O2S. The van der Waals surface area contributed by atoms with Crippen LogP contribution in [0.25, 0.3) is 0 Å². The average molecular weight is 420 g/mol. The van der Waals surface area contributed by atoms with Crippen molar-refractivity contribution in [1.82, 2.24) is 10.3 Å². The molecule has 0 fully saturated rings. The average Bonchev–Trinajstić information content (AvgIpc) is 3.20. The summed E-state index contributed by atoms with van der Waals surface area (Å²) in [5.74, 6) is -0.272. The van der Waals surface area contributed by atoms with E-state index in [2.05, 4.69) is 10.6 Å². The van der Waals surface area contributed by atoms with Gasteiger partial charge in [0, 0.05) is 34.7 Å². The van der Waals surface area contributed by atoms with Gasteiger partial charge in [0.25, 0.3) is 11.8 Å². The monoisotopic (exact) mass is 419 g/mol. The Kier molecular flexibility index (Phi) is 6.54. The van der Waals surface area contributed by atoms with Crippen LogP contribution in [-0.2, 0) is 19.3 Å². The SMILES string of the molecule is O=C(NCCCc1nc2c(s1)CCCC2)c1ccc(NC(=O)c2ccccc2)cc1. The summed E-state index contributed by atoms with van der Waals surface area (Å²) in [6.07, 6.45) is 6.60. The van der Waals surface area contributed by atoms with Crippen molar-refractivity contribution < 1.29 is 9.59 Å². The molecule has 0 bridgehead atoms. The van der Waals surface area contributed by atoms with Gasteiger partial charge in [-0.2, -0.15) is 0 Å². The number of amides is 2. The molecule has 1 heterocycles. The highest BCUT2D eigenvalue weighted by atomic mass is 32.1. The number of hydrogen-bond acceptors (Lipinski definition) is 4. The quantitative estimate of drug-likeness (QED) is 0.548. The lowest BCUT2D eigenvalue weighted by Crippen LogP contribution is -2.24. The minimum absolute atomic E-state index is 0.102. The number of benzene rings is 2. The van der Waals surface area contributed by atoms with Gasteiger partial charge in [-0.3, -0.25) is 9.59 Å². The molecular weight excluding hydrogens is 394 g/mol. The summed E-state index contributed by atoms with van der Waals surface area (Å²) in [5, 5.41) is 7.00. The third-order valence-corrected chi connectivity index (χ3v) is 6.40. The summed E-state index contributed by atoms with van der Waals surface area (Å²) in [6, 6.07) is 16.0. The molecule has 6 heteroatoms. The zero-order valence-electron chi connectivity index (χ0n) is 16.8. The minimum atomic E-state index is -0.170. The zero-order chi connectivity index (χ0) is 20.8. The second-order valence-electron chi connectivity index (χ2n) is 7.44. The molecule has 0 radical (unpaired) electrons. The number of hydrogen-bond donors (Lipinski definition) is 2. The van der Waals surface area contributed by atoms with Crippen LogP contribution in [0.5, 0.6) is 0 Å². The molecule has 4 rings (SSSR count). The summed E-state index contributed by atoms with van der Waals surface area (Å²) in [4.78, 5) is 30.8. The Hall–Kier alpha value is -2.99. The van der Waals surface area contributed by atoms with Gasteiger partial charge in [-0.05, 0) is 68.5 Å². The van der Waals surface area contributed by atoms with Gasteiger partial charge in [-0.25, -0.2) is 4.98 Å². The topological polar surface area (TPSA) is 71.1 Å². The smallest absolute Gasteiger partial charge is 0.255 e. The van der Waals surface area contributed by atoms with Crippen LogP contribution in [0.3, 0.4) is 0 Å². The van der Waals surface area contributed by atoms with Gasteiger partial charge in [-0.1, -0.05) is 18.2 Å². The Morgan fingerprint density at radius 1 is 0.900 bits per heavy atom. The highest BCUT2D eigenvalue weighted by Gasteiger charge is 2.15. The van der Waals surface area contributed by atoms with Crippen molar-refractivity contribution in [2.24, 2.45) is 0 Å². The van der Waals surface area contributed by atoms with Crippen LogP contribution >= 0.6 is 11.3 Å². The lowest BCUT2D eigenvalue weighted by molar-refractivity contribution is 0.0952. The summed E-state index contributed by atoms with van der Waals surface area (Å²) >= 11 is 1.84. The lowest BCUT2D eigenvalue weighted by atomic mass is 10.0. The molecule has 0 aliphatic heterocycles. The molecule has 3 aromatic rings. The van der Waals surface area contributed by atoms with E-state index in [0.717, 1.165) is 19.3 Å². The fourth-order valence-corrected chi connectivity index (χ4v) is 4.75. The first kappa shape index (κ1) is 20.3. The van der Waals surface area contributed by atoms with E-state index in [0.29, 0.717) is 23.4 Å². The maximum atomic E-state index is 12.4. The molecule has 1 aromatic heterocycles. The summed E-state index contributed by atoms with van der Waals surface area (Å²) in [7, 11) is 0. The Balaban J connectivity index is 1.23. The second kappa shape index (κ2) is 9.67. The number of nitrogens with one attached hydrogen (secondary N) is 2. The number of carbonyl (C=O) groups excluding carboxylic acids is 2. The van der Waals surface area contributed by atoms with E-state index >= 15 is 0 Å². The van der Waals surface area contributed by atoms with Crippen molar-refractivity contribution in [1.29, 1.82) is 0 Å². The lowest BCUT2D eigenvalue weighted by Gasteiger charge is -2.07. The van der Waals surface area contributed by atoms with Crippen LogP contribution in [0, 0.1) is 0 Å². The molecule has 154 valence electrons. The normalized spacial score (nSPS) is 12.8. The third-order valence-electron chi connectivity index (χ3n) is 5.18. The minimum Gasteiger partial charge on any atom is -0.352 e. The number of carbonyl (C=O) groups is 2. The predicted octanol–water partition coefficient (Wildman–Crippen LogP) is 4.64. The van der Waals surface area contributed by atoms with Gasteiger partial charge >= 0.3 is 0 Å². The van der Waals surface area contributed by atoms with Crippen molar-refractivity contribution in [3.8, 4) is 0 Å². The van der Waals surface area contributed by atoms with Gasteiger partial charge in [0.15, 0.2) is 0 Å². The van der Waals surface area contributed by atoms with Crippen LogP contribution in [0.15, 0.2) is 54.6 Å². The van der Waals surface area contributed by atoms with Crippen molar-refractivity contribution >= 4 is 28.8 Å². The molecule has 1 aliphatic carbocycles. The molecule has 30 heavy (non-hydrogen) atoms. The first-order valence-electron chi connectivity index (χ1n) is 10.4. The van der Waals surface area contributed by atoms with Crippen molar-refractivity contribution in [3.63, 3.8) is 0 Å². The van der Waals surface area contributed by atoms with Gasteiger partial charge < -0.3 is 10.6 Å². The fourth-order valence-electron chi connectivity index (χ4n) is 3.55. The van der Waals surface area contributed by atoms with E-state index in [-0.39, 0.29) is 11.8 Å². The summed E-state index contributed by atoms with van der Waals surface area (Å²) in [6.45, 7) is 0.621. The zero-order valence-corrected chi connectivity index (χ0v) is 17.6. The standard InChI is InChI=1S/C24H25N3O2S/c28-23(25-16-6-11-22-27-20-9-4-5-10-21(20)30-22)18-12-14-19(15-13-18)26-24(29)17-7-2-1-3-8-17/h1-3,7-8,12-15H,4-6,9-11,16H2,(H,25,28)(H,26,29). The molecule has 0 saturated heterocycles. The number of aromatic nitrogens is 1. The number of thiazole rings is 1. The van der Waals surface area contributed by atoms with Gasteiger partial charge in [0.2, 0.25) is 0 Å². The Labute approximate surface area is 180 Å². The van der Waals surface area contributed by atoms with Crippen LogP contribution in [0.1, 0.15) is 55.6 Å². The van der Waals surface area contributed by atoms with Crippen LogP contribution in [-0.4, -0.2) is 23.3 Å². The Bertz CT molecular complexity index is 989. The van der Waals surface area contributed by atoms with Crippen LogP contribution in [0.2, 0.25) is 0 Å². The molecule has 2 aromatic carbocycles. The van der Waals surface area contributed by atoms with E-state index in [9.17, 15) is 9.59 Å². The highest BCUT2D eigenvalue weighted by molar-refractivity contribution is 7.11.